The first kappa shape index (κ1) is 21.1. The zero-order valence-corrected chi connectivity index (χ0v) is 18.0. The number of nitrogens with one attached hydrogen (secondary N) is 2. The summed E-state index contributed by atoms with van der Waals surface area (Å²) in [5, 5.41) is 11.8. The molecule has 0 aliphatic carbocycles. The Morgan fingerprint density at radius 3 is 2.89 bits per heavy atom. The molecule has 2 aliphatic heterocycles. The lowest BCUT2D eigenvalue weighted by molar-refractivity contribution is -0.123. The van der Waals surface area contributed by atoms with Crippen LogP contribution in [0.2, 0.25) is 0 Å². The zero-order chi connectivity index (χ0) is 19.0. The highest BCUT2D eigenvalue weighted by atomic mass is 35.5. The summed E-state index contributed by atoms with van der Waals surface area (Å²) in [7, 11) is 1.92. The van der Waals surface area contributed by atoms with Gasteiger partial charge in [-0.25, -0.2) is 0 Å². The van der Waals surface area contributed by atoms with Crippen molar-refractivity contribution in [3.8, 4) is 0 Å². The molecule has 0 bridgehead atoms. The van der Waals surface area contributed by atoms with Crippen molar-refractivity contribution in [1.82, 2.24) is 25.3 Å². The van der Waals surface area contributed by atoms with Crippen LogP contribution in [-0.4, -0.2) is 58.7 Å². The molecular formula is C19H28ClN5O2S. The number of amides is 2. The molecule has 4 heterocycles. The van der Waals surface area contributed by atoms with E-state index in [1.165, 1.54) is 11.3 Å². The van der Waals surface area contributed by atoms with Crippen LogP contribution in [0, 0.1) is 12.8 Å². The van der Waals surface area contributed by atoms with Gasteiger partial charge in [0.05, 0.1) is 16.6 Å². The van der Waals surface area contributed by atoms with Crippen LogP contribution in [-0.2, 0) is 11.8 Å². The van der Waals surface area contributed by atoms with Crippen LogP contribution in [0.25, 0.3) is 10.2 Å². The van der Waals surface area contributed by atoms with Crippen molar-refractivity contribution >= 4 is 45.8 Å². The van der Waals surface area contributed by atoms with Gasteiger partial charge < -0.3 is 15.5 Å². The van der Waals surface area contributed by atoms with Crippen LogP contribution >= 0.6 is 23.7 Å². The molecule has 0 saturated carbocycles. The van der Waals surface area contributed by atoms with Gasteiger partial charge >= 0.3 is 0 Å². The molecule has 2 N–H and O–H groups in total. The highest BCUT2D eigenvalue weighted by Gasteiger charge is 2.28. The van der Waals surface area contributed by atoms with Gasteiger partial charge in [0.25, 0.3) is 5.91 Å². The maximum Gasteiger partial charge on any atom is 0.264 e. The number of carbonyl (C=O) groups is 2. The van der Waals surface area contributed by atoms with Gasteiger partial charge in [-0.1, -0.05) is 0 Å². The summed E-state index contributed by atoms with van der Waals surface area (Å²) in [5.74, 6) is 0.526. The number of hydrogen-bond acceptors (Lipinski definition) is 5. The molecule has 154 valence electrons. The van der Waals surface area contributed by atoms with Gasteiger partial charge in [0.2, 0.25) is 5.91 Å². The number of rotatable bonds is 4. The molecule has 2 atom stereocenters. The third-order valence-corrected chi connectivity index (χ3v) is 6.84. The Morgan fingerprint density at radius 1 is 1.36 bits per heavy atom. The number of halogens is 1. The molecule has 4 rings (SSSR count). The minimum Gasteiger partial charge on any atom is -0.354 e. The van der Waals surface area contributed by atoms with E-state index in [0.717, 1.165) is 59.6 Å². The zero-order valence-electron chi connectivity index (χ0n) is 16.4. The monoisotopic (exact) mass is 425 g/mol. The number of nitrogens with zero attached hydrogens (tertiary/aromatic N) is 3. The number of hydrogen-bond donors (Lipinski definition) is 2. The largest absolute Gasteiger partial charge is 0.354 e. The number of fused-ring (bicyclic) bond motifs is 1. The minimum atomic E-state index is -0.0401. The molecule has 2 amide bonds. The smallest absolute Gasteiger partial charge is 0.264 e. The minimum absolute atomic E-state index is 0. The van der Waals surface area contributed by atoms with Crippen molar-refractivity contribution in [1.29, 1.82) is 0 Å². The van der Waals surface area contributed by atoms with Crippen molar-refractivity contribution in [3.05, 3.63) is 16.6 Å². The molecule has 9 heteroatoms. The summed E-state index contributed by atoms with van der Waals surface area (Å²) < 4.78 is 1.84. The Bertz CT molecular complexity index is 823. The second-order valence-corrected chi connectivity index (χ2v) is 8.72. The van der Waals surface area contributed by atoms with Crippen molar-refractivity contribution in [2.24, 2.45) is 13.0 Å². The van der Waals surface area contributed by atoms with E-state index in [2.05, 4.69) is 15.7 Å². The average molecular weight is 426 g/mol. The molecule has 2 aromatic heterocycles. The van der Waals surface area contributed by atoms with Gasteiger partial charge in [0, 0.05) is 32.1 Å². The normalized spacial score (nSPS) is 22.3. The summed E-state index contributed by atoms with van der Waals surface area (Å²) in [6.45, 7) is 5.05. The first-order valence-electron chi connectivity index (χ1n) is 9.76. The fraction of sp³-hybridized carbons (Fsp3) is 0.632. The number of aromatic nitrogens is 2. The van der Waals surface area contributed by atoms with Crippen LogP contribution < -0.4 is 10.6 Å². The number of piperidine rings is 1. The van der Waals surface area contributed by atoms with E-state index in [9.17, 15) is 9.59 Å². The predicted octanol–water partition coefficient (Wildman–Crippen LogP) is 2.09. The topological polar surface area (TPSA) is 79.3 Å². The molecule has 0 spiro atoms. The highest BCUT2D eigenvalue weighted by molar-refractivity contribution is 7.20. The summed E-state index contributed by atoms with van der Waals surface area (Å²) >= 11 is 1.51. The number of thiophene rings is 1. The molecule has 2 fully saturated rings. The molecule has 2 saturated heterocycles. The van der Waals surface area contributed by atoms with Crippen LogP contribution in [0.3, 0.4) is 0 Å². The van der Waals surface area contributed by atoms with E-state index in [1.54, 1.807) is 0 Å². The second kappa shape index (κ2) is 8.80. The molecular weight excluding hydrogens is 398 g/mol. The van der Waals surface area contributed by atoms with Gasteiger partial charge in [-0.15, -0.1) is 23.7 Å². The van der Waals surface area contributed by atoms with E-state index in [4.69, 9.17) is 0 Å². The Kier molecular flexibility index (Phi) is 6.62. The van der Waals surface area contributed by atoms with E-state index >= 15 is 0 Å². The lowest BCUT2D eigenvalue weighted by Crippen LogP contribution is -2.46. The van der Waals surface area contributed by atoms with Crippen LogP contribution in [0.15, 0.2) is 6.07 Å². The summed E-state index contributed by atoms with van der Waals surface area (Å²) in [6.07, 6.45) is 4.02. The van der Waals surface area contributed by atoms with Crippen molar-refractivity contribution in [3.63, 3.8) is 0 Å². The molecule has 2 aliphatic rings. The van der Waals surface area contributed by atoms with Gasteiger partial charge in [0.1, 0.15) is 4.83 Å². The molecule has 0 radical (unpaired) electrons. The van der Waals surface area contributed by atoms with Crippen molar-refractivity contribution < 1.29 is 9.59 Å². The van der Waals surface area contributed by atoms with Crippen molar-refractivity contribution in [2.45, 2.75) is 38.6 Å². The van der Waals surface area contributed by atoms with Crippen LogP contribution in [0.5, 0.6) is 0 Å². The van der Waals surface area contributed by atoms with Gasteiger partial charge in [-0.2, -0.15) is 5.10 Å². The van der Waals surface area contributed by atoms with E-state index in [1.807, 2.05) is 29.6 Å². The molecule has 2 aromatic rings. The van der Waals surface area contributed by atoms with Crippen LogP contribution in [0.4, 0.5) is 0 Å². The third-order valence-electron chi connectivity index (χ3n) is 5.65. The number of carbonyl (C=O) groups excluding carboxylic acids is 2. The number of aryl methyl sites for hydroxylation is 2. The molecule has 2 unspecified atom stereocenters. The Morgan fingerprint density at radius 2 is 2.18 bits per heavy atom. The van der Waals surface area contributed by atoms with Gasteiger partial charge in [-0.05, 0) is 51.1 Å². The Balaban J connectivity index is 0.00000225. The predicted molar refractivity (Wildman–Crippen MR) is 113 cm³/mol. The second-order valence-electron chi connectivity index (χ2n) is 7.69. The maximum absolute atomic E-state index is 13.0. The van der Waals surface area contributed by atoms with E-state index in [0.29, 0.717) is 19.0 Å². The number of likely N-dealkylation sites (tertiary alicyclic amines) is 1. The fourth-order valence-electron chi connectivity index (χ4n) is 4.16. The van der Waals surface area contributed by atoms with E-state index in [-0.39, 0.29) is 30.3 Å². The maximum atomic E-state index is 13.0. The highest BCUT2D eigenvalue weighted by Crippen LogP contribution is 2.29. The Labute approximate surface area is 175 Å². The fourth-order valence-corrected chi connectivity index (χ4v) is 5.25. The first-order chi connectivity index (χ1) is 13.0. The summed E-state index contributed by atoms with van der Waals surface area (Å²) in [4.78, 5) is 29.0. The van der Waals surface area contributed by atoms with Crippen LogP contribution in [0.1, 0.15) is 41.0 Å². The third kappa shape index (κ3) is 4.18. The first-order valence-corrected chi connectivity index (χ1v) is 10.6. The van der Waals surface area contributed by atoms with Crippen molar-refractivity contribution in [2.75, 3.05) is 26.2 Å². The standard InChI is InChI=1S/C19H27N5O2S.ClH/c1-12-14-9-16(27-19(14)23(2)22-12)18(26)24-8-4-5-13(11-24)10-21-17(25)15-6-3-7-20-15;/h9,13,15,20H,3-8,10-11H2,1-2H3,(H,21,25);1H. The average Bonchev–Trinajstić information content (AvgIpc) is 3.39. The SMILES string of the molecule is Cc1nn(C)c2sc(C(=O)N3CCCC(CNC(=O)C4CCCN4)C3)cc12.Cl. The molecule has 28 heavy (non-hydrogen) atoms. The van der Waals surface area contributed by atoms with Gasteiger partial charge in [0.15, 0.2) is 0 Å². The lowest BCUT2D eigenvalue weighted by Gasteiger charge is -2.32. The summed E-state index contributed by atoms with van der Waals surface area (Å²) in [6, 6.07) is 1.93. The quantitative estimate of drug-likeness (QED) is 0.786. The van der Waals surface area contributed by atoms with E-state index < -0.39 is 0 Å². The molecule has 7 nitrogen and oxygen atoms in total. The van der Waals surface area contributed by atoms with Gasteiger partial charge in [-0.3, -0.25) is 14.3 Å². The molecule has 0 aromatic carbocycles. The Hall–Kier alpha value is -1.64. The lowest BCUT2D eigenvalue weighted by atomic mass is 9.97. The summed E-state index contributed by atoms with van der Waals surface area (Å²) in [5.41, 5.74) is 0.961.